The van der Waals surface area contributed by atoms with Gasteiger partial charge in [-0.3, -0.25) is 9.80 Å². The third-order valence-electron chi connectivity index (χ3n) is 17.6. The topological polar surface area (TPSA) is 113 Å². The van der Waals surface area contributed by atoms with E-state index >= 15 is 0 Å². The van der Waals surface area contributed by atoms with Crippen molar-refractivity contribution in [2.24, 2.45) is 10.8 Å². The third-order valence-corrected chi connectivity index (χ3v) is 17.6. The summed E-state index contributed by atoms with van der Waals surface area (Å²) >= 11 is 0. The van der Waals surface area contributed by atoms with E-state index in [1.54, 1.807) is 9.80 Å². The summed E-state index contributed by atoms with van der Waals surface area (Å²) in [6.45, 7) is 34.4. The number of nitrogens with one attached hydrogen (secondary N) is 2. The van der Waals surface area contributed by atoms with E-state index in [1.807, 2.05) is 83.9 Å². The maximum atomic E-state index is 14.3. The van der Waals surface area contributed by atoms with Crippen LogP contribution >= 0.6 is 0 Å². The average molecular weight is 1370 g/mol. The number of ether oxygens (including phenoxy) is 2. The first-order chi connectivity index (χ1) is 44.3. The summed E-state index contributed by atoms with van der Waals surface area (Å²) in [4.78, 5) is 50.0. The zero-order chi connectivity index (χ0) is 71.7. The number of likely N-dealkylation sites (tertiary alicyclic amines) is 2. The van der Waals surface area contributed by atoms with E-state index in [0.717, 1.165) is 81.0 Å². The first-order valence-electron chi connectivity index (χ1n) is 33.0. The maximum Gasteiger partial charge on any atom is 0.416 e. The van der Waals surface area contributed by atoms with Gasteiger partial charge in [-0.05, 0) is 162 Å². The minimum atomic E-state index is -4.54. The van der Waals surface area contributed by atoms with Crippen molar-refractivity contribution in [2.75, 3.05) is 78.5 Å². The molecule has 25 heteroatoms. The van der Waals surface area contributed by atoms with Gasteiger partial charge >= 0.3 is 42.9 Å². The van der Waals surface area contributed by atoms with Gasteiger partial charge in [0.25, 0.3) is 0 Å². The van der Waals surface area contributed by atoms with Gasteiger partial charge in [0.1, 0.15) is 11.2 Å². The molecule has 0 spiro atoms. The lowest BCUT2D eigenvalue weighted by molar-refractivity contribution is -0.138. The van der Waals surface area contributed by atoms with E-state index in [4.69, 9.17) is 9.47 Å². The molecule has 4 fully saturated rings. The number of nitrogens with zero attached hydrogens (tertiary/aromatic N) is 6. The molecule has 536 valence electrons. The highest BCUT2D eigenvalue weighted by atomic mass is 19.4. The van der Waals surface area contributed by atoms with Crippen molar-refractivity contribution in [3.8, 4) is 0 Å². The van der Waals surface area contributed by atoms with Gasteiger partial charge in [0, 0.05) is 90.1 Å². The highest BCUT2D eigenvalue weighted by Crippen LogP contribution is 2.41. The minimum Gasteiger partial charge on any atom is -0.444 e. The number of carbonyl (C=O) groups is 3. The molecule has 4 heterocycles. The first-order valence-corrected chi connectivity index (χ1v) is 33.0. The highest BCUT2D eigenvalue weighted by molar-refractivity contribution is 5.76. The molecule has 0 aromatic heterocycles. The number of amides is 4. The van der Waals surface area contributed by atoms with Crippen LogP contribution in [0.2, 0.25) is 0 Å². The zero-order valence-corrected chi connectivity index (χ0v) is 57.8. The van der Waals surface area contributed by atoms with Gasteiger partial charge in [-0.1, -0.05) is 97.0 Å². The number of piperazine rings is 2. The van der Waals surface area contributed by atoms with Crippen LogP contribution in [0.5, 0.6) is 0 Å². The van der Waals surface area contributed by atoms with Crippen LogP contribution in [0.25, 0.3) is 0 Å². The Labute approximate surface area is 558 Å². The lowest BCUT2D eigenvalue weighted by Gasteiger charge is -2.51. The van der Waals surface area contributed by atoms with Gasteiger partial charge in [-0.25, -0.2) is 14.4 Å². The second-order valence-corrected chi connectivity index (χ2v) is 29.3. The van der Waals surface area contributed by atoms with Crippen molar-refractivity contribution in [3.63, 3.8) is 0 Å². The maximum absolute atomic E-state index is 14.3. The Morgan fingerprint density at radius 1 is 0.479 bits per heavy atom. The summed E-state index contributed by atoms with van der Waals surface area (Å²) in [5, 5.41) is 6.88. The van der Waals surface area contributed by atoms with Gasteiger partial charge < -0.3 is 39.7 Å². The highest BCUT2D eigenvalue weighted by Gasteiger charge is 2.44. The molecule has 4 aliphatic rings. The van der Waals surface area contributed by atoms with Gasteiger partial charge in [0.05, 0.1) is 40.4 Å². The van der Waals surface area contributed by atoms with Crippen molar-refractivity contribution >= 4 is 18.2 Å². The lowest BCUT2D eigenvalue weighted by atomic mass is 9.83. The fourth-order valence-electron chi connectivity index (χ4n) is 12.5. The molecule has 0 saturated carbocycles. The molecule has 0 bridgehead atoms. The summed E-state index contributed by atoms with van der Waals surface area (Å²) in [5.41, 5.74) is -2.38. The van der Waals surface area contributed by atoms with Crippen LogP contribution in [-0.2, 0) is 34.2 Å². The van der Waals surface area contributed by atoms with Crippen molar-refractivity contribution in [1.29, 1.82) is 0 Å². The molecule has 0 radical (unpaired) electrons. The Morgan fingerprint density at radius 2 is 0.823 bits per heavy atom. The quantitative estimate of drug-likeness (QED) is 0.150. The Morgan fingerprint density at radius 3 is 1.12 bits per heavy atom. The lowest BCUT2D eigenvalue weighted by Crippen LogP contribution is -2.63. The predicted octanol–water partition coefficient (Wildman–Crippen LogP) is 16.8. The van der Waals surface area contributed by atoms with Gasteiger partial charge in [0.15, 0.2) is 0 Å². The molecule has 4 saturated heterocycles. The summed E-state index contributed by atoms with van der Waals surface area (Å²) < 4.78 is 169. The molecule has 0 aliphatic carbocycles. The monoisotopic (exact) mass is 1370 g/mol. The van der Waals surface area contributed by atoms with Crippen LogP contribution in [0.3, 0.4) is 0 Å². The number of hydrogen-bond acceptors (Lipinski definition) is 9. The molecule has 2 atom stereocenters. The molecule has 8 rings (SSSR count). The average Bonchev–Trinajstić information content (AvgIpc) is 0.776. The van der Waals surface area contributed by atoms with Crippen LogP contribution in [0, 0.1) is 10.8 Å². The van der Waals surface area contributed by atoms with Crippen LogP contribution in [-0.4, -0.2) is 162 Å². The zero-order valence-electron chi connectivity index (χ0n) is 57.8. The smallest absolute Gasteiger partial charge is 0.416 e. The fraction of sp³-hybridized carbons (Fsp3) is 0.620. The molecule has 13 nitrogen and oxygen atoms in total. The van der Waals surface area contributed by atoms with E-state index in [-0.39, 0.29) is 41.8 Å². The summed E-state index contributed by atoms with van der Waals surface area (Å²) in [7, 11) is 0. The van der Waals surface area contributed by atoms with Gasteiger partial charge in [-0.15, -0.1) is 0 Å². The number of piperidine rings is 2. The third kappa shape index (κ3) is 22.4. The van der Waals surface area contributed by atoms with Crippen molar-refractivity contribution < 1.29 is 76.5 Å². The number of benzene rings is 4. The van der Waals surface area contributed by atoms with E-state index in [2.05, 4.69) is 43.2 Å². The first kappa shape index (κ1) is 78.7. The molecule has 4 aromatic carbocycles. The molecule has 4 aliphatic heterocycles. The fourth-order valence-corrected chi connectivity index (χ4v) is 12.5. The standard InChI is InChI=1S/C36H48F6N4O3.C23H26F6N2.C12H24N2O2/c1-8-45(28-17-19-43(20-18-28)32(48)49-34(5,6)7)31(47)46-22-21-44(23-29(46)33(2,3)4)30(24-9-13-26(14-10-24)35(37,38)39)25-11-15-27(16-12-25)36(40,41)42;1-21(2,3)19-14-31(13-12-30-19)20(15-4-8-17(9-5-15)22(24,25)26)16-6-10-18(11-7-16)23(27,28)29;1-5-13-10-6-8-14(9-7-10)11(15)16-12(2,3)4/h9-16,28-30H,8,17-23H2,1-7H3;4-11,19-20,30H,12-14H2,1-3H3;10,13H,5-9H2,1-4H3/t29-;19-;/m11./s1. The molecular weight excluding hydrogens is 1270 g/mol. The largest absolute Gasteiger partial charge is 0.444 e. The number of alkyl halides is 12. The summed E-state index contributed by atoms with van der Waals surface area (Å²) in [6.07, 6.45) is -15.3. The summed E-state index contributed by atoms with van der Waals surface area (Å²) in [5.74, 6) is 0. The van der Waals surface area contributed by atoms with E-state index in [9.17, 15) is 67.1 Å². The van der Waals surface area contributed by atoms with Gasteiger partial charge in [-0.2, -0.15) is 52.7 Å². The van der Waals surface area contributed by atoms with Crippen LogP contribution in [0.15, 0.2) is 97.1 Å². The Kier molecular flexibility index (Phi) is 26.0. The summed E-state index contributed by atoms with van der Waals surface area (Å²) in [6, 6.07) is 18.3. The SMILES string of the molecule is CC(C)(C)[C@H]1CN(C(c2ccc(C(F)(F)F)cc2)c2ccc(C(F)(F)F)cc2)CCN1.CCN(C(=O)N1CCN(C(c2ccc(C(F)(F)F)cc2)c2ccc(C(F)(F)F)cc2)C[C@@H]1C(C)(C)C)C1CCN(C(=O)OC(C)(C)C)CC1.CCNC1CCN(C(=O)OC(C)(C)C)CC1. The normalized spacial score (nSPS) is 18.9. The Balaban J connectivity index is 0.000000262. The number of rotatable bonds is 10. The number of urea groups is 1. The number of halogens is 12. The van der Waals surface area contributed by atoms with Crippen LogP contribution < -0.4 is 10.6 Å². The van der Waals surface area contributed by atoms with Crippen molar-refractivity contribution in [1.82, 2.24) is 40.0 Å². The second kappa shape index (κ2) is 31.7. The van der Waals surface area contributed by atoms with Crippen molar-refractivity contribution in [3.05, 3.63) is 142 Å². The van der Waals surface area contributed by atoms with Crippen LogP contribution in [0.1, 0.15) is 179 Å². The van der Waals surface area contributed by atoms with E-state index < -0.39 is 75.7 Å². The minimum absolute atomic E-state index is 0.0521. The Hall–Kier alpha value is -6.31. The van der Waals surface area contributed by atoms with E-state index in [0.29, 0.717) is 100 Å². The van der Waals surface area contributed by atoms with Crippen LogP contribution in [0.4, 0.5) is 67.1 Å². The number of carbonyl (C=O) groups excluding carboxylic acids is 3. The number of hydrogen-bond donors (Lipinski definition) is 2. The molecule has 4 aromatic rings. The van der Waals surface area contributed by atoms with Crippen molar-refractivity contribution in [2.45, 2.75) is 195 Å². The van der Waals surface area contributed by atoms with Gasteiger partial charge in [0.2, 0.25) is 0 Å². The predicted molar refractivity (Wildman–Crippen MR) is 347 cm³/mol. The molecular formula is C71H98F12N8O5. The molecule has 4 amide bonds. The molecule has 0 unspecified atom stereocenters. The Bertz CT molecular complexity index is 2990. The second-order valence-electron chi connectivity index (χ2n) is 29.3. The molecule has 2 N–H and O–H groups in total. The van der Waals surface area contributed by atoms with E-state index in [1.165, 1.54) is 48.5 Å². The molecule has 96 heavy (non-hydrogen) atoms.